The second-order valence-corrected chi connectivity index (χ2v) is 6.95. The van der Waals surface area contributed by atoms with Crippen LogP contribution in [0.4, 0.5) is 5.69 Å². The summed E-state index contributed by atoms with van der Waals surface area (Å²) in [6, 6.07) is 8.28. The van der Waals surface area contributed by atoms with Gasteiger partial charge in [0.05, 0.1) is 38.6 Å². The van der Waals surface area contributed by atoms with Crippen LogP contribution in [0.1, 0.15) is 30.6 Å². The molecule has 0 heterocycles. The van der Waals surface area contributed by atoms with E-state index in [4.69, 9.17) is 30.5 Å². The summed E-state index contributed by atoms with van der Waals surface area (Å²) in [6.45, 7) is 4.74. The molecule has 0 aliphatic carbocycles. The SMILES string of the molecule is COc1ccc(NC(=O)c2cc(Cl)c(OCCC(C)C)c(OC)c2)c(OC)c1. The number of carbonyl (C=O) groups is 1. The summed E-state index contributed by atoms with van der Waals surface area (Å²) in [7, 11) is 4.59. The second kappa shape index (κ2) is 10.1. The standard InChI is InChI=1S/C21H26ClNO5/c1-13(2)8-9-28-20-16(22)10-14(11-19(20)27-5)21(24)23-17-7-6-15(25-3)12-18(17)26-4/h6-7,10-13H,8-9H2,1-5H3,(H,23,24). The van der Waals surface area contributed by atoms with E-state index in [2.05, 4.69) is 19.2 Å². The van der Waals surface area contributed by atoms with Gasteiger partial charge in [0.1, 0.15) is 11.5 Å². The zero-order chi connectivity index (χ0) is 20.7. The molecule has 6 nitrogen and oxygen atoms in total. The van der Waals surface area contributed by atoms with Crippen LogP contribution in [0.15, 0.2) is 30.3 Å². The Morgan fingerprint density at radius 3 is 2.36 bits per heavy atom. The summed E-state index contributed by atoms with van der Waals surface area (Å²) in [4.78, 5) is 12.7. The molecule has 0 fully saturated rings. The molecule has 0 atom stereocenters. The van der Waals surface area contributed by atoms with Crippen LogP contribution in [-0.2, 0) is 0 Å². The van der Waals surface area contributed by atoms with Crippen LogP contribution < -0.4 is 24.3 Å². The van der Waals surface area contributed by atoms with Crippen LogP contribution in [0.5, 0.6) is 23.0 Å². The lowest BCUT2D eigenvalue weighted by Crippen LogP contribution is -2.13. The van der Waals surface area contributed by atoms with E-state index in [9.17, 15) is 4.79 Å². The Bertz CT molecular complexity index is 823. The Kier molecular flexibility index (Phi) is 7.81. The lowest BCUT2D eigenvalue weighted by Gasteiger charge is -2.15. The third-order valence-electron chi connectivity index (χ3n) is 4.09. The summed E-state index contributed by atoms with van der Waals surface area (Å²) < 4.78 is 21.6. The summed E-state index contributed by atoms with van der Waals surface area (Å²) in [5, 5.41) is 3.13. The third-order valence-corrected chi connectivity index (χ3v) is 4.37. The molecule has 0 aliphatic heterocycles. The first kappa shape index (κ1) is 21.7. The van der Waals surface area contributed by atoms with E-state index in [0.717, 1.165) is 6.42 Å². The number of benzene rings is 2. The number of ether oxygens (including phenoxy) is 4. The summed E-state index contributed by atoms with van der Waals surface area (Å²) in [6.07, 6.45) is 0.888. The van der Waals surface area contributed by atoms with E-state index in [1.807, 2.05) is 0 Å². The molecular weight excluding hydrogens is 382 g/mol. The molecular formula is C21H26ClNO5. The largest absolute Gasteiger partial charge is 0.497 e. The number of hydrogen-bond donors (Lipinski definition) is 1. The van der Waals surface area contributed by atoms with Gasteiger partial charge < -0.3 is 24.3 Å². The lowest BCUT2D eigenvalue weighted by molar-refractivity contribution is 0.102. The molecule has 0 saturated carbocycles. The predicted octanol–water partition coefficient (Wildman–Crippen LogP) is 5.04. The quantitative estimate of drug-likeness (QED) is 0.630. The average molecular weight is 408 g/mol. The molecule has 0 aromatic heterocycles. The molecule has 0 aliphatic rings. The first-order valence-corrected chi connectivity index (χ1v) is 9.31. The zero-order valence-electron chi connectivity index (χ0n) is 16.8. The minimum absolute atomic E-state index is 0.315. The number of nitrogens with one attached hydrogen (secondary N) is 1. The molecule has 0 saturated heterocycles. The molecule has 2 rings (SSSR count). The fourth-order valence-corrected chi connectivity index (χ4v) is 2.75. The summed E-state index contributed by atoms with van der Waals surface area (Å²) in [5.74, 6) is 2.11. The van der Waals surface area contributed by atoms with Gasteiger partial charge in [-0.1, -0.05) is 25.4 Å². The van der Waals surface area contributed by atoms with Gasteiger partial charge in [-0.3, -0.25) is 4.79 Å². The number of methoxy groups -OCH3 is 3. The van der Waals surface area contributed by atoms with Crippen molar-refractivity contribution in [2.24, 2.45) is 5.92 Å². The van der Waals surface area contributed by atoms with Crippen molar-refractivity contribution < 1.29 is 23.7 Å². The molecule has 2 aromatic carbocycles. The zero-order valence-corrected chi connectivity index (χ0v) is 17.6. The molecule has 0 radical (unpaired) electrons. The molecule has 1 amide bonds. The molecule has 28 heavy (non-hydrogen) atoms. The van der Waals surface area contributed by atoms with Gasteiger partial charge in [0, 0.05) is 11.6 Å². The van der Waals surface area contributed by atoms with Gasteiger partial charge in [-0.2, -0.15) is 0 Å². The lowest BCUT2D eigenvalue weighted by atomic mass is 10.1. The van der Waals surface area contributed by atoms with Crippen molar-refractivity contribution in [1.82, 2.24) is 0 Å². The number of carbonyl (C=O) groups excluding carboxylic acids is 1. The van der Waals surface area contributed by atoms with Crippen LogP contribution in [-0.4, -0.2) is 33.8 Å². The van der Waals surface area contributed by atoms with Crippen molar-refractivity contribution in [3.8, 4) is 23.0 Å². The van der Waals surface area contributed by atoms with E-state index in [-0.39, 0.29) is 5.91 Å². The third kappa shape index (κ3) is 5.45. The second-order valence-electron chi connectivity index (χ2n) is 6.54. The number of halogens is 1. The van der Waals surface area contributed by atoms with Gasteiger partial charge in [-0.15, -0.1) is 0 Å². The van der Waals surface area contributed by atoms with E-state index in [0.29, 0.717) is 51.8 Å². The number of amides is 1. The van der Waals surface area contributed by atoms with Gasteiger partial charge in [0.25, 0.3) is 5.91 Å². The molecule has 2 aromatic rings. The average Bonchev–Trinajstić information content (AvgIpc) is 2.68. The van der Waals surface area contributed by atoms with Gasteiger partial charge in [-0.25, -0.2) is 0 Å². The minimum atomic E-state index is -0.350. The molecule has 152 valence electrons. The Labute approximate surface area is 170 Å². The fraction of sp³-hybridized carbons (Fsp3) is 0.381. The predicted molar refractivity (Wildman–Crippen MR) is 110 cm³/mol. The minimum Gasteiger partial charge on any atom is -0.497 e. The van der Waals surface area contributed by atoms with E-state index >= 15 is 0 Å². The van der Waals surface area contributed by atoms with Crippen molar-refractivity contribution in [3.63, 3.8) is 0 Å². The highest BCUT2D eigenvalue weighted by Crippen LogP contribution is 2.37. The first-order valence-electron chi connectivity index (χ1n) is 8.93. The van der Waals surface area contributed by atoms with Crippen LogP contribution in [0.2, 0.25) is 5.02 Å². The van der Waals surface area contributed by atoms with Crippen molar-refractivity contribution in [3.05, 3.63) is 40.9 Å². The Hall–Kier alpha value is -2.60. The normalized spacial score (nSPS) is 10.5. The van der Waals surface area contributed by atoms with E-state index in [1.54, 1.807) is 37.4 Å². The van der Waals surface area contributed by atoms with Crippen LogP contribution in [0.3, 0.4) is 0 Å². The summed E-state index contributed by atoms with van der Waals surface area (Å²) >= 11 is 6.35. The maximum absolute atomic E-state index is 12.7. The van der Waals surface area contributed by atoms with Gasteiger partial charge in [-0.05, 0) is 36.6 Å². The topological polar surface area (TPSA) is 66.0 Å². The van der Waals surface area contributed by atoms with Crippen LogP contribution >= 0.6 is 11.6 Å². The number of anilines is 1. The highest BCUT2D eigenvalue weighted by atomic mass is 35.5. The van der Waals surface area contributed by atoms with Crippen molar-refractivity contribution in [1.29, 1.82) is 0 Å². The molecule has 0 spiro atoms. The van der Waals surface area contributed by atoms with Crippen molar-refractivity contribution >= 4 is 23.2 Å². The monoisotopic (exact) mass is 407 g/mol. The van der Waals surface area contributed by atoms with Gasteiger partial charge in [0.2, 0.25) is 0 Å². The molecule has 0 bridgehead atoms. The van der Waals surface area contributed by atoms with Crippen LogP contribution in [0.25, 0.3) is 0 Å². The highest BCUT2D eigenvalue weighted by Gasteiger charge is 2.17. The Morgan fingerprint density at radius 1 is 1.04 bits per heavy atom. The summed E-state index contributed by atoms with van der Waals surface area (Å²) in [5.41, 5.74) is 0.858. The van der Waals surface area contributed by atoms with Crippen molar-refractivity contribution in [2.45, 2.75) is 20.3 Å². The van der Waals surface area contributed by atoms with Gasteiger partial charge >= 0.3 is 0 Å². The van der Waals surface area contributed by atoms with Crippen LogP contribution in [0, 0.1) is 5.92 Å². The number of hydrogen-bond acceptors (Lipinski definition) is 5. The molecule has 1 N–H and O–H groups in total. The fourth-order valence-electron chi connectivity index (χ4n) is 2.48. The van der Waals surface area contributed by atoms with E-state index < -0.39 is 0 Å². The molecule has 7 heteroatoms. The Morgan fingerprint density at radius 2 is 1.75 bits per heavy atom. The maximum atomic E-state index is 12.7. The number of rotatable bonds is 9. The van der Waals surface area contributed by atoms with E-state index in [1.165, 1.54) is 14.2 Å². The van der Waals surface area contributed by atoms with Gasteiger partial charge in [0.15, 0.2) is 11.5 Å². The maximum Gasteiger partial charge on any atom is 0.255 e. The first-order chi connectivity index (χ1) is 13.4. The molecule has 0 unspecified atom stereocenters. The Balaban J connectivity index is 2.23. The smallest absolute Gasteiger partial charge is 0.255 e. The highest BCUT2D eigenvalue weighted by molar-refractivity contribution is 6.32. The van der Waals surface area contributed by atoms with Crippen molar-refractivity contribution in [2.75, 3.05) is 33.3 Å².